The number of anilines is 1. The fraction of sp³-hybridized carbons (Fsp3) is 0.150. The molecule has 27 heavy (non-hydrogen) atoms. The highest BCUT2D eigenvalue weighted by molar-refractivity contribution is 7.22. The van der Waals surface area contributed by atoms with Gasteiger partial charge in [-0.3, -0.25) is 14.7 Å². The predicted molar refractivity (Wildman–Crippen MR) is 104 cm³/mol. The van der Waals surface area contributed by atoms with Crippen molar-refractivity contribution in [3.8, 4) is 12.0 Å². The number of carbonyl (C=O) groups excluding carboxylic acids is 1. The van der Waals surface area contributed by atoms with E-state index in [-0.39, 0.29) is 11.1 Å². The summed E-state index contributed by atoms with van der Waals surface area (Å²) in [5.74, 6) is 0.324. The Balaban J connectivity index is 1.68. The highest BCUT2D eigenvalue weighted by Crippen LogP contribution is 2.30. The van der Waals surface area contributed by atoms with E-state index in [4.69, 9.17) is 4.42 Å². The van der Waals surface area contributed by atoms with Crippen LogP contribution in [0, 0.1) is 18.3 Å². The van der Waals surface area contributed by atoms with Crippen LogP contribution >= 0.6 is 11.3 Å². The third kappa shape index (κ3) is 3.00. The van der Waals surface area contributed by atoms with E-state index >= 15 is 0 Å². The second-order valence-corrected chi connectivity index (χ2v) is 7.07. The monoisotopic (exact) mass is 376 g/mol. The van der Waals surface area contributed by atoms with Crippen LogP contribution in [0.25, 0.3) is 16.1 Å². The summed E-state index contributed by atoms with van der Waals surface area (Å²) in [4.78, 5) is 17.3. The van der Waals surface area contributed by atoms with E-state index in [1.54, 1.807) is 23.9 Å². The van der Waals surface area contributed by atoms with Crippen LogP contribution in [0.15, 0.2) is 47.1 Å². The first-order valence-electron chi connectivity index (χ1n) is 8.48. The Bertz CT molecular complexity index is 1180. The van der Waals surface area contributed by atoms with Crippen LogP contribution < -0.4 is 5.32 Å². The second kappa shape index (κ2) is 6.74. The summed E-state index contributed by atoms with van der Waals surface area (Å²) in [5.41, 5.74) is 2.49. The van der Waals surface area contributed by atoms with Crippen LogP contribution in [-0.4, -0.2) is 15.5 Å². The molecule has 1 aromatic carbocycles. The van der Waals surface area contributed by atoms with Crippen molar-refractivity contribution >= 4 is 32.6 Å². The molecule has 134 valence electrons. The van der Waals surface area contributed by atoms with Crippen molar-refractivity contribution in [3.63, 3.8) is 0 Å². The van der Waals surface area contributed by atoms with Gasteiger partial charge in [0.2, 0.25) is 5.88 Å². The fourth-order valence-corrected chi connectivity index (χ4v) is 3.89. The number of aryl methyl sites for hydroxylation is 2. The van der Waals surface area contributed by atoms with E-state index in [1.807, 2.05) is 24.3 Å². The second-order valence-electron chi connectivity index (χ2n) is 6.04. The van der Waals surface area contributed by atoms with Gasteiger partial charge >= 0.3 is 0 Å². The molecule has 7 heteroatoms. The number of hydrogen-bond donors (Lipinski definition) is 1. The summed E-state index contributed by atoms with van der Waals surface area (Å²) in [5, 5.41) is 12.9. The molecular formula is C20H16N4O2S. The lowest BCUT2D eigenvalue weighted by Gasteiger charge is -2.00. The molecule has 3 aromatic heterocycles. The summed E-state index contributed by atoms with van der Waals surface area (Å²) in [6, 6.07) is 11.8. The van der Waals surface area contributed by atoms with Crippen LogP contribution in [-0.2, 0) is 6.42 Å². The van der Waals surface area contributed by atoms with E-state index in [0.717, 1.165) is 16.6 Å². The van der Waals surface area contributed by atoms with Gasteiger partial charge in [-0.2, -0.15) is 5.26 Å². The molecular weight excluding hydrogens is 360 g/mol. The largest absolute Gasteiger partial charge is 0.443 e. The molecule has 1 N–H and O–H groups in total. The molecule has 0 atom stereocenters. The average Bonchev–Trinajstić information content (AvgIpc) is 3.38. The number of amides is 1. The standard InChI is InChI=1S/C20H16N4O2S/c1-3-13-6-7-15-16(10-13)27-20(22-15)23-18(25)17-12(2)26-19(14(17)11-21)24-8-4-5-9-24/h4-10H,3H2,1-2H3,(H,22,23,25). The number of benzene rings is 1. The topological polar surface area (TPSA) is 83.8 Å². The molecule has 1 amide bonds. The van der Waals surface area contributed by atoms with Crippen LogP contribution in [0.2, 0.25) is 0 Å². The number of carbonyl (C=O) groups is 1. The lowest BCUT2D eigenvalue weighted by molar-refractivity contribution is 0.102. The van der Waals surface area contributed by atoms with Gasteiger partial charge in [-0.15, -0.1) is 0 Å². The Morgan fingerprint density at radius 1 is 1.37 bits per heavy atom. The van der Waals surface area contributed by atoms with Gasteiger partial charge in [0, 0.05) is 12.4 Å². The van der Waals surface area contributed by atoms with Gasteiger partial charge in [0.25, 0.3) is 5.91 Å². The van der Waals surface area contributed by atoms with Gasteiger partial charge in [-0.05, 0) is 43.2 Å². The zero-order chi connectivity index (χ0) is 19.0. The number of rotatable bonds is 4. The lowest BCUT2D eigenvalue weighted by atomic mass is 10.1. The Morgan fingerprint density at radius 2 is 2.15 bits per heavy atom. The van der Waals surface area contributed by atoms with Gasteiger partial charge in [-0.1, -0.05) is 24.3 Å². The van der Waals surface area contributed by atoms with Gasteiger partial charge in [0.1, 0.15) is 23.0 Å². The maximum Gasteiger partial charge on any atom is 0.262 e. The zero-order valence-electron chi connectivity index (χ0n) is 14.8. The third-order valence-electron chi connectivity index (χ3n) is 4.33. The van der Waals surface area contributed by atoms with E-state index in [9.17, 15) is 10.1 Å². The van der Waals surface area contributed by atoms with E-state index in [1.165, 1.54) is 16.9 Å². The van der Waals surface area contributed by atoms with E-state index in [2.05, 4.69) is 29.4 Å². The molecule has 0 unspecified atom stereocenters. The summed E-state index contributed by atoms with van der Waals surface area (Å²) in [7, 11) is 0. The number of furan rings is 1. The molecule has 4 aromatic rings. The molecule has 0 saturated carbocycles. The van der Waals surface area contributed by atoms with Crippen LogP contribution in [0.5, 0.6) is 0 Å². The number of nitrogens with one attached hydrogen (secondary N) is 1. The minimum Gasteiger partial charge on any atom is -0.443 e. The number of hydrogen-bond acceptors (Lipinski definition) is 5. The maximum atomic E-state index is 12.8. The fourth-order valence-electron chi connectivity index (χ4n) is 2.96. The number of fused-ring (bicyclic) bond motifs is 1. The van der Waals surface area contributed by atoms with Crippen molar-refractivity contribution in [1.82, 2.24) is 9.55 Å². The molecule has 0 saturated heterocycles. The molecule has 3 heterocycles. The molecule has 0 radical (unpaired) electrons. The number of nitriles is 1. The third-order valence-corrected chi connectivity index (χ3v) is 5.26. The van der Waals surface area contributed by atoms with Crippen molar-refractivity contribution in [3.05, 3.63) is 65.2 Å². The molecule has 0 spiro atoms. The molecule has 6 nitrogen and oxygen atoms in total. The highest BCUT2D eigenvalue weighted by atomic mass is 32.1. The van der Waals surface area contributed by atoms with E-state index in [0.29, 0.717) is 16.8 Å². The number of aromatic nitrogens is 2. The molecule has 0 bridgehead atoms. The average molecular weight is 376 g/mol. The molecule has 0 aliphatic heterocycles. The first-order chi connectivity index (χ1) is 13.1. The Hall–Kier alpha value is -3.37. The summed E-state index contributed by atoms with van der Waals surface area (Å²) in [6.07, 6.45) is 4.47. The lowest BCUT2D eigenvalue weighted by Crippen LogP contribution is -2.13. The maximum absolute atomic E-state index is 12.8. The van der Waals surface area contributed by atoms with Crippen molar-refractivity contribution in [2.24, 2.45) is 0 Å². The number of nitrogens with zero attached hydrogens (tertiary/aromatic N) is 3. The summed E-state index contributed by atoms with van der Waals surface area (Å²) in [6.45, 7) is 3.77. The molecule has 4 rings (SSSR count). The van der Waals surface area contributed by atoms with Crippen LogP contribution in [0.3, 0.4) is 0 Å². The Morgan fingerprint density at radius 3 is 2.85 bits per heavy atom. The van der Waals surface area contributed by atoms with Crippen LogP contribution in [0.1, 0.15) is 34.2 Å². The van der Waals surface area contributed by atoms with Crippen molar-refractivity contribution in [2.45, 2.75) is 20.3 Å². The van der Waals surface area contributed by atoms with Gasteiger partial charge < -0.3 is 4.42 Å². The SMILES string of the molecule is CCc1ccc2nc(NC(=O)c3c(C)oc(-n4cccc4)c3C#N)sc2c1. The van der Waals surface area contributed by atoms with Crippen molar-refractivity contribution in [1.29, 1.82) is 5.26 Å². The minimum absolute atomic E-state index is 0.204. The minimum atomic E-state index is -0.402. The normalized spacial score (nSPS) is 10.9. The Kier molecular flexibility index (Phi) is 4.26. The zero-order valence-corrected chi connectivity index (χ0v) is 15.6. The smallest absolute Gasteiger partial charge is 0.262 e. The summed E-state index contributed by atoms with van der Waals surface area (Å²) >= 11 is 1.41. The first-order valence-corrected chi connectivity index (χ1v) is 9.30. The van der Waals surface area contributed by atoms with Crippen LogP contribution in [0.4, 0.5) is 5.13 Å². The van der Waals surface area contributed by atoms with Gasteiger partial charge in [0.05, 0.1) is 10.2 Å². The summed E-state index contributed by atoms with van der Waals surface area (Å²) < 4.78 is 8.38. The van der Waals surface area contributed by atoms with E-state index < -0.39 is 5.91 Å². The predicted octanol–water partition coefficient (Wildman–Crippen LogP) is 4.67. The first kappa shape index (κ1) is 17.1. The number of thiazole rings is 1. The van der Waals surface area contributed by atoms with Crippen molar-refractivity contribution in [2.75, 3.05) is 5.32 Å². The Labute approximate surface area is 159 Å². The highest BCUT2D eigenvalue weighted by Gasteiger charge is 2.25. The quantitative estimate of drug-likeness (QED) is 0.561. The molecule has 0 fully saturated rings. The van der Waals surface area contributed by atoms with Gasteiger partial charge in [0.15, 0.2) is 5.13 Å². The van der Waals surface area contributed by atoms with Crippen molar-refractivity contribution < 1.29 is 9.21 Å². The van der Waals surface area contributed by atoms with Gasteiger partial charge in [-0.25, -0.2) is 4.98 Å². The molecule has 0 aliphatic rings. The molecule has 0 aliphatic carbocycles.